The number of nitrogens with zero attached hydrogens (tertiary/aromatic N) is 2. The van der Waals surface area contributed by atoms with E-state index in [1.807, 2.05) is 61.5 Å². The van der Waals surface area contributed by atoms with Crippen LogP contribution in [-0.2, 0) is 0 Å². The first-order valence-corrected chi connectivity index (χ1v) is 8.33. The van der Waals surface area contributed by atoms with Gasteiger partial charge in [0.05, 0.1) is 6.61 Å². The normalized spacial score (nSPS) is 10.1. The zero-order valence-electron chi connectivity index (χ0n) is 13.8. The van der Waals surface area contributed by atoms with Gasteiger partial charge in [-0.3, -0.25) is 0 Å². The van der Waals surface area contributed by atoms with Gasteiger partial charge in [0.1, 0.15) is 17.9 Å². The number of para-hydroxylation sites is 1. The van der Waals surface area contributed by atoms with E-state index in [-0.39, 0.29) is 0 Å². The Labute approximate surface area is 152 Å². The molecule has 0 saturated carbocycles. The summed E-state index contributed by atoms with van der Waals surface area (Å²) in [6.45, 7) is 2.60. The van der Waals surface area contributed by atoms with Gasteiger partial charge in [-0.15, -0.1) is 0 Å². The van der Waals surface area contributed by atoms with Gasteiger partial charge in [-0.25, -0.2) is 9.97 Å². The number of ether oxygens (including phenoxy) is 1. The molecule has 0 amide bonds. The first kappa shape index (κ1) is 16.9. The molecule has 0 saturated heterocycles. The molecule has 126 valence electrons. The molecule has 0 aliphatic rings. The van der Waals surface area contributed by atoms with E-state index in [4.69, 9.17) is 17.0 Å². The van der Waals surface area contributed by atoms with Gasteiger partial charge < -0.3 is 15.4 Å². The van der Waals surface area contributed by atoms with Crippen molar-refractivity contribution in [1.82, 2.24) is 9.97 Å². The molecule has 0 atom stereocenters. The summed E-state index contributed by atoms with van der Waals surface area (Å²) in [5.41, 5.74) is 2.76. The highest BCUT2D eigenvalue weighted by Crippen LogP contribution is 2.27. The lowest BCUT2D eigenvalue weighted by atomic mass is 10.1. The molecule has 3 rings (SSSR count). The Kier molecular flexibility index (Phi) is 5.53. The van der Waals surface area contributed by atoms with E-state index in [9.17, 15) is 0 Å². The highest BCUT2D eigenvalue weighted by Gasteiger charge is 2.09. The van der Waals surface area contributed by atoms with Crippen molar-refractivity contribution in [2.24, 2.45) is 0 Å². The highest BCUT2D eigenvalue weighted by atomic mass is 32.1. The topological polar surface area (TPSA) is 59.1 Å². The van der Waals surface area contributed by atoms with Crippen molar-refractivity contribution in [2.45, 2.75) is 6.92 Å². The Morgan fingerprint density at radius 1 is 1.04 bits per heavy atom. The quantitative estimate of drug-likeness (QED) is 0.667. The first-order chi connectivity index (χ1) is 12.3. The van der Waals surface area contributed by atoms with Crippen LogP contribution in [0, 0.1) is 0 Å². The van der Waals surface area contributed by atoms with Gasteiger partial charge in [0, 0.05) is 17.4 Å². The fraction of sp³-hybridized carbons (Fsp3) is 0.105. The number of hydrogen-bond acceptors (Lipinski definition) is 4. The van der Waals surface area contributed by atoms with Crippen LogP contribution >= 0.6 is 12.2 Å². The molecule has 0 unspecified atom stereocenters. The molecule has 1 heterocycles. The molecule has 0 aliphatic carbocycles. The molecule has 6 heteroatoms. The molecule has 0 radical (unpaired) electrons. The van der Waals surface area contributed by atoms with E-state index in [1.54, 1.807) is 6.20 Å². The van der Waals surface area contributed by atoms with Crippen LogP contribution in [0.1, 0.15) is 6.92 Å². The lowest BCUT2D eigenvalue weighted by molar-refractivity contribution is 0.340. The van der Waals surface area contributed by atoms with Crippen molar-refractivity contribution < 1.29 is 4.74 Å². The minimum atomic E-state index is 0.470. The van der Waals surface area contributed by atoms with Crippen LogP contribution in [0.25, 0.3) is 11.1 Å². The van der Waals surface area contributed by atoms with Gasteiger partial charge in [-0.05, 0) is 49.0 Å². The summed E-state index contributed by atoms with van der Waals surface area (Å²) in [5, 5.41) is 6.74. The number of thiocarbonyl (C=S) groups is 1. The Balaban J connectivity index is 1.77. The fourth-order valence-corrected chi connectivity index (χ4v) is 2.54. The Bertz CT molecular complexity index is 838. The maximum Gasteiger partial charge on any atom is 0.176 e. The van der Waals surface area contributed by atoms with Gasteiger partial charge in [-0.2, -0.15) is 0 Å². The average Bonchev–Trinajstić information content (AvgIpc) is 2.64. The fourth-order valence-electron chi connectivity index (χ4n) is 2.33. The third-order valence-electron chi connectivity index (χ3n) is 3.45. The number of rotatable bonds is 5. The van der Waals surface area contributed by atoms with Crippen LogP contribution in [-0.4, -0.2) is 21.7 Å². The summed E-state index contributed by atoms with van der Waals surface area (Å²) in [7, 11) is 0. The molecular formula is C19H18N4OS. The standard InChI is InChI=1S/C19H18N4OS/c1-2-24-16-10-8-14(9-11-16)17-12-20-13-21-18(17)23-19(25)22-15-6-4-3-5-7-15/h3-13H,2H2,1H3,(H2,20,21,22,23,25). The van der Waals surface area contributed by atoms with Gasteiger partial charge in [0.25, 0.3) is 0 Å². The average molecular weight is 350 g/mol. The van der Waals surface area contributed by atoms with E-state index >= 15 is 0 Å². The zero-order valence-corrected chi connectivity index (χ0v) is 14.6. The molecule has 0 aliphatic heterocycles. The van der Waals surface area contributed by atoms with Crippen LogP contribution < -0.4 is 15.4 Å². The molecule has 5 nitrogen and oxygen atoms in total. The minimum Gasteiger partial charge on any atom is -0.494 e. The highest BCUT2D eigenvalue weighted by molar-refractivity contribution is 7.80. The third-order valence-corrected chi connectivity index (χ3v) is 3.66. The molecule has 2 N–H and O–H groups in total. The van der Waals surface area contributed by atoms with Crippen molar-refractivity contribution in [3.8, 4) is 16.9 Å². The molecular weight excluding hydrogens is 332 g/mol. The molecule has 0 spiro atoms. The second-order valence-electron chi connectivity index (χ2n) is 5.19. The van der Waals surface area contributed by atoms with E-state index in [2.05, 4.69) is 20.6 Å². The van der Waals surface area contributed by atoms with Crippen LogP contribution in [0.5, 0.6) is 5.75 Å². The number of nitrogens with one attached hydrogen (secondary N) is 2. The van der Waals surface area contributed by atoms with Gasteiger partial charge in [0.2, 0.25) is 0 Å². The van der Waals surface area contributed by atoms with Gasteiger partial charge in [-0.1, -0.05) is 30.3 Å². The Morgan fingerprint density at radius 3 is 2.52 bits per heavy atom. The second-order valence-corrected chi connectivity index (χ2v) is 5.60. The van der Waals surface area contributed by atoms with E-state index in [1.165, 1.54) is 6.33 Å². The summed E-state index contributed by atoms with van der Waals surface area (Å²) < 4.78 is 5.48. The smallest absolute Gasteiger partial charge is 0.176 e. The van der Waals surface area contributed by atoms with Crippen molar-refractivity contribution in [3.63, 3.8) is 0 Å². The maximum absolute atomic E-state index is 5.48. The van der Waals surface area contributed by atoms with Crippen molar-refractivity contribution in [2.75, 3.05) is 17.2 Å². The lowest BCUT2D eigenvalue weighted by Gasteiger charge is -2.13. The predicted octanol–water partition coefficient (Wildman–Crippen LogP) is 4.35. The van der Waals surface area contributed by atoms with Crippen molar-refractivity contribution in [1.29, 1.82) is 0 Å². The molecule has 3 aromatic rings. The number of hydrogen-bond donors (Lipinski definition) is 2. The van der Waals surface area contributed by atoms with Crippen LogP contribution in [0.15, 0.2) is 67.1 Å². The largest absolute Gasteiger partial charge is 0.494 e. The van der Waals surface area contributed by atoms with E-state index < -0.39 is 0 Å². The van der Waals surface area contributed by atoms with Crippen LogP contribution in [0.3, 0.4) is 0 Å². The predicted molar refractivity (Wildman–Crippen MR) is 105 cm³/mol. The first-order valence-electron chi connectivity index (χ1n) is 7.92. The second kappa shape index (κ2) is 8.21. The maximum atomic E-state index is 5.48. The SMILES string of the molecule is CCOc1ccc(-c2cncnc2NC(=S)Nc2ccccc2)cc1. The minimum absolute atomic E-state index is 0.470. The summed E-state index contributed by atoms with van der Waals surface area (Å²) >= 11 is 5.38. The van der Waals surface area contributed by atoms with Crippen molar-refractivity contribution >= 4 is 28.8 Å². The molecule has 2 aromatic carbocycles. The summed E-state index contributed by atoms with van der Waals surface area (Å²) in [6.07, 6.45) is 3.25. The lowest BCUT2D eigenvalue weighted by Crippen LogP contribution is -2.20. The van der Waals surface area contributed by atoms with Gasteiger partial charge >= 0.3 is 0 Å². The van der Waals surface area contributed by atoms with Crippen LogP contribution in [0.2, 0.25) is 0 Å². The number of anilines is 2. The monoisotopic (exact) mass is 350 g/mol. The molecule has 1 aromatic heterocycles. The Morgan fingerprint density at radius 2 is 1.80 bits per heavy atom. The van der Waals surface area contributed by atoms with E-state index in [0.29, 0.717) is 17.5 Å². The molecule has 0 fully saturated rings. The van der Waals surface area contributed by atoms with E-state index in [0.717, 1.165) is 22.6 Å². The molecule has 0 bridgehead atoms. The zero-order chi connectivity index (χ0) is 17.5. The summed E-state index contributed by atoms with van der Waals surface area (Å²) in [5.74, 6) is 1.48. The summed E-state index contributed by atoms with van der Waals surface area (Å²) in [4.78, 5) is 8.44. The van der Waals surface area contributed by atoms with Crippen molar-refractivity contribution in [3.05, 3.63) is 67.1 Å². The molecule has 25 heavy (non-hydrogen) atoms. The number of aromatic nitrogens is 2. The number of benzene rings is 2. The van der Waals surface area contributed by atoms with Crippen LogP contribution in [0.4, 0.5) is 11.5 Å². The summed E-state index contributed by atoms with van der Waals surface area (Å²) in [6, 6.07) is 17.5. The Hall–Kier alpha value is -2.99. The third kappa shape index (κ3) is 4.51. The van der Waals surface area contributed by atoms with Gasteiger partial charge in [0.15, 0.2) is 5.11 Å².